The van der Waals surface area contributed by atoms with E-state index in [4.69, 9.17) is 0 Å². The molecule has 1 heterocycles. The molecular formula is C14H17FN2S. The van der Waals surface area contributed by atoms with Gasteiger partial charge in [0.2, 0.25) is 0 Å². The molecule has 1 atom stereocenters. The molecule has 1 N–H and O–H groups in total. The van der Waals surface area contributed by atoms with Crippen LogP contribution in [0.3, 0.4) is 0 Å². The molecule has 0 amide bonds. The number of hydrogen-bond donors (Lipinski definition) is 1. The minimum Gasteiger partial charge on any atom is -0.304 e. The van der Waals surface area contributed by atoms with E-state index >= 15 is 0 Å². The van der Waals surface area contributed by atoms with E-state index in [0.717, 1.165) is 21.8 Å². The molecule has 0 fully saturated rings. The fourth-order valence-corrected chi connectivity index (χ4v) is 2.58. The molecule has 0 aliphatic rings. The van der Waals surface area contributed by atoms with Gasteiger partial charge in [-0.25, -0.2) is 9.37 Å². The van der Waals surface area contributed by atoms with E-state index in [0.29, 0.717) is 6.54 Å². The first kappa shape index (κ1) is 13.2. The van der Waals surface area contributed by atoms with Crippen molar-refractivity contribution in [3.8, 4) is 0 Å². The van der Waals surface area contributed by atoms with Gasteiger partial charge in [-0.1, -0.05) is 6.07 Å². The molecule has 18 heavy (non-hydrogen) atoms. The van der Waals surface area contributed by atoms with E-state index in [-0.39, 0.29) is 11.9 Å². The zero-order valence-electron chi connectivity index (χ0n) is 10.8. The van der Waals surface area contributed by atoms with E-state index in [1.54, 1.807) is 17.4 Å². The Hall–Kier alpha value is -1.26. The molecule has 0 aliphatic heterocycles. The van der Waals surface area contributed by atoms with E-state index < -0.39 is 0 Å². The van der Waals surface area contributed by atoms with Gasteiger partial charge in [0, 0.05) is 17.6 Å². The number of benzene rings is 1. The predicted octanol–water partition coefficient (Wildman–Crippen LogP) is 3.75. The average molecular weight is 264 g/mol. The highest BCUT2D eigenvalue weighted by atomic mass is 32.1. The zero-order chi connectivity index (χ0) is 13.1. The number of nitrogens with one attached hydrogen (secondary N) is 1. The SMILES string of the molecule is Cc1csc(C(C)NCc2cc(F)ccc2C)n1. The molecular weight excluding hydrogens is 247 g/mol. The summed E-state index contributed by atoms with van der Waals surface area (Å²) in [5, 5.41) is 6.49. The minimum absolute atomic E-state index is 0.185. The number of halogens is 1. The highest BCUT2D eigenvalue weighted by Gasteiger charge is 2.09. The Morgan fingerprint density at radius 1 is 1.39 bits per heavy atom. The Bertz CT molecular complexity index is 536. The van der Waals surface area contributed by atoms with Gasteiger partial charge >= 0.3 is 0 Å². The number of rotatable bonds is 4. The Morgan fingerprint density at radius 3 is 2.83 bits per heavy atom. The van der Waals surface area contributed by atoms with Crippen LogP contribution in [0, 0.1) is 19.7 Å². The van der Waals surface area contributed by atoms with E-state index in [2.05, 4.69) is 17.2 Å². The lowest BCUT2D eigenvalue weighted by Crippen LogP contribution is -2.18. The fraction of sp³-hybridized carbons (Fsp3) is 0.357. The van der Waals surface area contributed by atoms with Gasteiger partial charge in [-0.3, -0.25) is 0 Å². The molecule has 1 aromatic heterocycles. The second kappa shape index (κ2) is 5.59. The Kier molecular flexibility index (Phi) is 4.09. The normalized spacial score (nSPS) is 12.7. The second-order valence-corrected chi connectivity index (χ2v) is 5.39. The second-order valence-electron chi connectivity index (χ2n) is 4.50. The van der Waals surface area contributed by atoms with Gasteiger partial charge in [0.15, 0.2) is 0 Å². The molecule has 2 nitrogen and oxygen atoms in total. The molecule has 0 bridgehead atoms. The van der Waals surface area contributed by atoms with Crippen LogP contribution < -0.4 is 5.32 Å². The van der Waals surface area contributed by atoms with Crippen molar-refractivity contribution in [2.45, 2.75) is 33.4 Å². The van der Waals surface area contributed by atoms with E-state index in [1.165, 1.54) is 6.07 Å². The van der Waals surface area contributed by atoms with Gasteiger partial charge in [-0.05, 0) is 44.0 Å². The Balaban J connectivity index is 2.01. The molecule has 1 unspecified atom stereocenters. The number of thiazole rings is 1. The molecule has 0 radical (unpaired) electrons. The van der Waals surface area contributed by atoms with Gasteiger partial charge in [0.05, 0.1) is 6.04 Å². The van der Waals surface area contributed by atoms with Crippen LogP contribution in [0.15, 0.2) is 23.6 Å². The molecule has 0 saturated heterocycles. The van der Waals surface area contributed by atoms with Crippen molar-refractivity contribution in [3.63, 3.8) is 0 Å². The van der Waals surface area contributed by atoms with Gasteiger partial charge in [0.25, 0.3) is 0 Å². The van der Waals surface area contributed by atoms with Crippen LogP contribution in [0.1, 0.15) is 34.8 Å². The third-order valence-corrected chi connectivity index (χ3v) is 4.06. The maximum Gasteiger partial charge on any atom is 0.123 e. The van der Waals surface area contributed by atoms with Crippen molar-refractivity contribution in [2.24, 2.45) is 0 Å². The van der Waals surface area contributed by atoms with Crippen molar-refractivity contribution in [3.05, 3.63) is 51.2 Å². The number of hydrogen-bond acceptors (Lipinski definition) is 3. The van der Waals surface area contributed by atoms with Gasteiger partial charge < -0.3 is 5.32 Å². The summed E-state index contributed by atoms with van der Waals surface area (Å²) in [6.45, 7) is 6.72. The summed E-state index contributed by atoms with van der Waals surface area (Å²) in [6.07, 6.45) is 0. The predicted molar refractivity (Wildman–Crippen MR) is 73.2 cm³/mol. The monoisotopic (exact) mass is 264 g/mol. The molecule has 0 spiro atoms. The first-order valence-corrected chi connectivity index (χ1v) is 6.84. The highest BCUT2D eigenvalue weighted by molar-refractivity contribution is 7.09. The summed E-state index contributed by atoms with van der Waals surface area (Å²) in [4.78, 5) is 4.44. The summed E-state index contributed by atoms with van der Waals surface area (Å²) < 4.78 is 13.2. The molecule has 4 heteroatoms. The zero-order valence-corrected chi connectivity index (χ0v) is 11.6. The first-order valence-electron chi connectivity index (χ1n) is 5.96. The van der Waals surface area contributed by atoms with Crippen molar-refractivity contribution in [1.29, 1.82) is 0 Å². The molecule has 0 saturated carbocycles. The Morgan fingerprint density at radius 2 is 2.17 bits per heavy atom. The average Bonchev–Trinajstić information content (AvgIpc) is 2.77. The summed E-state index contributed by atoms with van der Waals surface area (Å²) >= 11 is 1.65. The summed E-state index contributed by atoms with van der Waals surface area (Å²) in [5.74, 6) is -0.185. The lowest BCUT2D eigenvalue weighted by molar-refractivity contribution is 0.564. The maximum atomic E-state index is 13.2. The van der Waals surface area contributed by atoms with Gasteiger partial charge in [-0.2, -0.15) is 0 Å². The third-order valence-electron chi connectivity index (χ3n) is 2.92. The van der Waals surface area contributed by atoms with Crippen LogP contribution in [0.2, 0.25) is 0 Å². The van der Waals surface area contributed by atoms with Crippen LogP contribution in [0.4, 0.5) is 4.39 Å². The largest absolute Gasteiger partial charge is 0.304 e. The standard InChI is InChI=1S/C14H17FN2S/c1-9-4-5-13(15)6-12(9)7-16-11(3)14-17-10(2)8-18-14/h4-6,8,11,16H,7H2,1-3H3. The minimum atomic E-state index is -0.185. The lowest BCUT2D eigenvalue weighted by atomic mass is 10.1. The van der Waals surface area contributed by atoms with Crippen LogP contribution in [0.5, 0.6) is 0 Å². The van der Waals surface area contributed by atoms with Crippen molar-refractivity contribution >= 4 is 11.3 Å². The summed E-state index contributed by atoms with van der Waals surface area (Å²) in [7, 11) is 0. The smallest absolute Gasteiger partial charge is 0.123 e. The molecule has 96 valence electrons. The number of nitrogens with zero attached hydrogens (tertiary/aromatic N) is 1. The van der Waals surface area contributed by atoms with E-state index in [9.17, 15) is 4.39 Å². The summed E-state index contributed by atoms with van der Waals surface area (Å²) in [5.41, 5.74) is 3.15. The van der Waals surface area contributed by atoms with Crippen LogP contribution in [0.25, 0.3) is 0 Å². The molecule has 2 aromatic rings. The quantitative estimate of drug-likeness (QED) is 0.909. The van der Waals surface area contributed by atoms with Crippen LogP contribution in [-0.2, 0) is 6.54 Å². The van der Waals surface area contributed by atoms with Crippen molar-refractivity contribution < 1.29 is 4.39 Å². The summed E-state index contributed by atoms with van der Waals surface area (Å²) in [6, 6.07) is 5.07. The third kappa shape index (κ3) is 3.15. The lowest BCUT2D eigenvalue weighted by Gasteiger charge is -2.12. The Labute approximate surface area is 111 Å². The van der Waals surface area contributed by atoms with Crippen molar-refractivity contribution in [1.82, 2.24) is 10.3 Å². The fourth-order valence-electron chi connectivity index (χ4n) is 1.75. The molecule has 1 aromatic carbocycles. The topological polar surface area (TPSA) is 24.9 Å². The maximum absolute atomic E-state index is 13.2. The number of aromatic nitrogens is 1. The highest BCUT2D eigenvalue weighted by Crippen LogP contribution is 2.18. The first-order chi connectivity index (χ1) is 8.56. The van der Waals surface area contributed by atoms with E-state index in [1.807, 2.05) is 25.3 Å². The molecule has 2 rings (SSSR count). The van der Waals surface area contributed by atoms with Gasteiger partial charge in [-0.15, -0.1) is 11.3 Å². The van der Waals surface area contributed by atoms with Gasteiger partial charge in [0.1, 0.15) is 10.8 Å². The van der Waals surface area contributed by atoms with Crippen LogP contribution in [-0.4, -0.2) is 4.98 Å². The van der Waals surface area contributed by atoms with Crippen molar-refractivity contribution in [2.75, 3.05) is 0 Å². The molecule has 0 aliphatic carbocycles. The number of aryl methyl sites for hydroxylation is 2. The van der Waals surface area contributed by atoms with Crippen LogP contribution >= 0.6 is 11.3 Å².